The van der Waals surface area contributed by atoms with Gasteiger partial charge in [0.1, 0.15) is 9.75 Å². The Bertz CT molecular complexity index is 683. The zero-order valence-corrected chi connectivity index (χ0v) is 15.9. The van der Waals surface area contributed by atoms with Gasteiger partial charge in [-0.05, 0) is 57.9 Å². The Hall–Kier alpha value is -1.66. The number of thiophene rings is 2. The van der Waals surface area contributed by atoms with Crippen molar-refractivity contribution in [2.75, 3.05) is 13.7 Å². The molecule has 2 aromatic rings. The maximum absolute atomic E-state index is 11.3. The first-order valence-electron chi connectivity index (χ1n) is 7.19. The topological polar surface area (TPSA) is 52.6 Å². The van der Waals surface area contributed by atoms with Crippen molar-refractivity contribution in [3.63, 3.8) is 0 Å². The summed E-state index contributed by atoms with van der Waals surface area (Å²) in [6.45, 7) is 10.1. The van der Waals surface area contributed by atoms with Crippen LogP contribution in [0.4, 0.5) is 0 Å². The lowest BCUT2D eigenvalue weighted by Crippen LogP contribution is -2.03. The van der Waals surface area contributed by atoms with Crippen LogP contribution in [-0.4, -0.2) is 25.7 Å². The number of carbonyl (C=O) groups is 2. The van der Waals surface area contributed by atoms with E-state index >= 15 is 0 Å². The van der Waals surface area contributed by atoms with Crippen LogP contribution in [0, 0.1) is 27.7 Å². The van der Waals surface area contributed by atoms with Crippen molar-refractivity contribution in [3.8, 4) is 0 Å². The second-order valence-corrected chi connectivity index (χ2v) is 7.46. The van der Waals surface area contributed by atoms with Crippen LogP contribution in [0.25, 0.3) is 0 Å². The van der Waals surface area contributed by atoms with Gasteiger partial charge in [-0.3, -0.25) is 0 Å². The molecule has 126 valence electrons. The standard InChI is InChI=1S/C9H12O2S.C8H10O2S/c1-4-11-9(10)8-6(2)5-7(3)12-8;1-5-4-6(2)11-7(5)8(9)10-3/h5H,4H2,1-3H3;4H,1-3H3. The number of rotatable bonds is 3. The van der Waals surface area contributed by atoms with Gasteiger partial charge >= 0.3 is 11.9 Å². The van der Waals surface area contributed by atoms with Gasteiger partial charge in [-0.25, -0.2) is 9.59 Å². The molecule has 0 aromatic carbocycles. The molecule has 0 aliphatic heterocycles. The van der Waals surface area contributed by atoms with Crippen molar-refractivity contribution in [1.82, 2.24) is 0 Å². The van der Waals surface area contributed by atoms with Crippen molar-refractivity contribution in [2.24, 2.45) is 0 Å². The van der Waals surface area contributed by atoms with Crippen molar-refractivity contribution in [3.05, 3.63) is 42.8 Å². The van der Waals surface area contributed by atoms with Gasteiger partial charge in [0.05, 0.1) is 13.7 Å². The monoisotopic (exact) mass is 354 g/mol. The first kappa shape index (κ1) is 19.4. The van der Waals surface area contributed by atoms with Crippen LogP contribution < -0.4 is 0 Å². The Morgan fingerprint density at radius 1 is 0.913 bits per heavy atom. The van der Waals surface area contributed by atoms with Crippen LogP contribution in [0.3, 0.4) is 0 Å². The fraction of sp³-hybridized carbons (Fsp3) is 0.412. The van der Waals surface area contributed by atoms with Crippen LogP contribution in [0.2, 0.25) is 0 Å². The highest BCUT2D eigenvalue weighted by Gasteiger charge is 2.12. The number of carbonyl (C=O) groups excluding carboxylic acids is 2. The number of hydrogen-bond acceptors (Lipinski definition) is 6. The summed E-state index contributed by atoms with van der Waals surface area (Å²) in [7, 11) is 1.40. The molecule has 6 heteroatoms. The highest BCUT2D eigenvalue weighted by Crippen LogP contribution is 2.22. The summed E-state index contributed by atoms with van der Waals surface area (Å²) in [4.78, 5) is 26.0. The molecular formula is C17H22O4S2. The SMILES string of the molecule is CCOC(=O)c1sc(C)cc1C.COC(=O)c1sc(C)cc1C. The third-order valence-electron chi connectivity index (χ3n) is 2.91. The summed E-state index contributed by atoms with van der Waals surface area (Å²) in [5.74, 6) is -0.436. The smallest absolute Gasteiger partial charge is 0.348 e. The molecule has 0 aliphatic carbocycles. The number of aryl methyl sites for hydroxylation is 4. The van der Waals surface area contributed by atoms with E-state index in [4.69, 9.17) is 4.74 Å². The molecule has 0 radical (unpaired) electrons. The molecule has 0 saturated heterocycles. The third kappa shape index (κ3) is 5.48. The molecule has 0 bridgehead atoms. The predicted molar refractivity (Wildman–Crippen MR) is 94.9 cm³/mol. The molecule has 2 rings (SSSR count). The number of hydrogen-bond donors (Lipinski definition) is 0. The molecule has 23 heavy (non-hydrogen) atoms. The average Bonchev–Trinajstić information content (AvgIpc) is 3.00. The van der Waals surface area contributed by atoms with E-state index in [0.717, 1.165) is 25.8 Å². The molecule has 0 spiro atoms. The van der Waals surface area contributed by atoms with Gasteiger partial charge in [0.2, 0.25) is 0 Å². The van der Waals surface area contributed by atoms with Crippen molar-refractivity contribution in [2.45, 2.75) is 34.6 Å². The fourth-order valence-electron chi connectivity index (χ4n) is 1.98. The van der Waals surface area contributed by atoms with E-state index in [0.29, 0.717) is 11.5 Å². The maximum atomic E-state index is 11.3. The van der Waals surface area contributed by atoms with Gasteiger partial charge in [0.15, 0.2) is 0 Å². The van der Waals surface area contributed by atoms with E-state index in [1.165, 1.54) is 29.8 Å². The zero-order chi connectivity index (χ0) is 17.6. The van der Waals surface area contributed by atoms with Gasteiger partial charge in [-0.1, -0.05) is 0 Å². The second kappa shape index (κ2) is 8.84. The molecule has 0 amide bonds. The first-order valence-corrected chi connectivity index (χ1v) is 8.82. The Labute approximate surface area is 145 Å². The maximum Gasteiger partial charge on any atom is 0.348 e. The summed E-state index contributed by atoms with van der Waals surface area (Å²) in [5, 5.41) is 0. The molecule has 2 heterocycles. The summed E-state index contributed by atoms with van der Waals surface area (Å²) in [6, 6.07) is 3.98. The predicted octanol–water partition coefficient (Wildman–Crippen LogP) is 4.69. The fourth-order valence-corrected chi connectivity index (χ4v) is 3.84. The number of esters is 2. The van der Waals surface area contributed by atoms with E-state index in [1.807, 2.05) is 46.8 Å². The normalized spacial score (nSPS) is 9.83. The zero-order valence-electron chi connectivity index (χ0n) is 14.3. The molecule has 0 aliphatic rings. The second-order valence-electron chi connectivity index (χ2n) is 4.95. The first-order chi connectivity index (χ1) is 10.8. The Kier molecular flexibility index (Phi) is 7.45. The van der Waals surface area contributed by atoms with Crippen LogP contribution >= 0.6 is 22.7 Å². The van der Waals surface area contributed by atoms with Gasteiger partial charge in [0.25, 0.3) is 0 Å². The minimum absolute atomic E-state index is 0.201. The Morgan fingerprint density at radius 3 is 1.65 bits per heavy atom. The van der Waals surface area contributed by atoms with Gasteiger partial charge in [-0.15, -0.1) is 22.7 Å². The van der Waals surface area contributed by atoms with Gasteiger partial charge < -0.3 is 9.47 Å². The summed E-state index contributed by atoms with van der Waals surface area (Å²) < 4.78 is 9.50. The van der Waals surface area contributed by atoms with Crippen LogP contribution in [0.5, 0.6) is 0 Å². The molecule has 2 aromatic heterocycles. The van der Waals surface area contributed by atoms with E-state index in [9.17, 15) is 9.59 Å². The van der Waals surface area contributed by atoms with E-state index < -0.39 is 0 Å². The van der Waals surface area contributed by atoms with Crippen LogP contribution in [0.15, 0.2) is 12.1 Å². The highest BCUT2D eigenvalue weighted by molar-refractivity contribution is 7.14. The van der Waals surface area contributed by atoms with E-state index in [1.54, 1.807) is 0 Å². The molecule has 0 fully saturated rings. The molecular weight excluding hydrogens is 332 g/mol. The molecule has 0 unspecified atom stereocenters. The Balaban J connectivity index is 0.000000231. The average molecular weight is 354 g/mol. The van der Waals surface area contributed by atoms with Gasteiger partial charge in [-0.2, -0.15) is 0 Å². The minimum atomic E-state index is -0.236. The third-order valence-corrected chi connectivity index (χ3v) is 5.18. The number of methoxy groups -OCH3 is 1. The summed E-state index contributed by atoms with van der Waals surface area (Å²) in [6.07, 6.45) is 0. The summed E-state index contributed by atoms with van der Waals surface area (Å²) in [5.41, 5.74) is 2.01. The van der Waals surface area contributed by atoms with Crippen molar-refractivity contribution in [1.29, 1.82) is 0 Å². The lowest BCUT2D eigenvalue weighted by atomic mass is 10.3. The van der Waals surface area contributed by atoms with Crippen LogP contribution in [-0.2, 0) is 9.47 Å². The van der Waals surface area contributed by atoms with Crippen molar-refractivity contribution < 1.29 is 19.1 Å². The lowest BCUT2D eigenvalue weighted by Gasteiger charge is -1.98. The molecule has 0 atom stereocenters. The number of ether oxygens (including phenoxy) is 2. The Morgan fingerprint density at radius 2 is 1.35 bits per heavy atom. The largest absolute Gasteiger partial charge is 0.465 e. The van der Waals surface area contributed by atoms with Crippen LogP contribution in [0.1, 0.15) is 47.1 Å². The van der Waals surface area contributed by atoms with E-state index in [-0.39, 0.29) is 11.9 Å². The van der Waals surface area contributed by atoms with Gasteiger partial charge in [0, 0.05) is 9.75 Å². The van der Waals surface area contributed by atoms with E-state index in [2.05, 4.69) is 4.74 Å². The quantitative estimate of drug-likeness (QED) is 0.750. The minimum Gasteiger partial charge on any atom is -0.465 e. The molecule has 0 N–H and O–H groups in total. The lowest BCUT2D eigenvalue weighted by molar-refractivity contribution is 0.0530. The molecule has 0 saturated carbocycles. The highest BCUT2D eigenvalue weighted by atomic mass is 32.1. The summed E-state index contributed by atoms with van der Waals surface area (Å²) >= 11 is 2.96. The van der Waals surface area contributed by atoms with Crippen molar-refractivity contribution >= 4 is 34.6 Å². The molecule has 4 nitrogen and oxygen atoms in total.